The van der Waals surface area contributed by atoms with Crippen LogP contribution in [0.1, 0.15) is 36.2 Å². The molecule has 0 saturated heterocycles. The molecule has 2 aromatic carbocycles. The summed E-state index contributed by atoms with van der Waals surface area (Å²) >= 11 is 0. The van der Waals surface area contributed by atoms with E-state index >= 15 is 0 Å². The Labute approximate surface area is 181 Å². The lowest BCUT2D eigenvalue weighted by Crippen LogP contribution is -2.34. The lowest BCUT2D eigenvalue weighted by molar-refractivity contribution is -0.144. The highest BCUT2D eigenvalue weighted by Gasteiger charge is 2.23. The third-order valence-electron chi connectivity index (χ3n) is 4.76. The smallest absolute Gasteiger partial charge is 0.321 e. The van der Waals surface area contributed by atoms with Crippen LogP contribution in [0.15, 0.2) is 47.4 Å². The lowest BCUT2D eigenvalue weighted by atomic mass is 10.0. The van der Waals surface area contributed by atoms with Crippen molar-refractivity contribution in [2.24, 2.45) is 0 Å². The van der Waals surface area contributed by atoms with Crippen molar-refractivity contribution in [3.8, 4) is 11.5 Å². The molecule has 3 rings (SSSR count). The molecule has 1 aliphatic heterocycles. The third kappa shape index (κ3) is 5.83. The predicted molar refractivity (Wildman–Crippen MR) is 113 cm³/mol. The molecule has 0 fully saturated rings. The monoisotopic (exact) mass is 447 g/mol. The molecule has 0 saturated carbocycles. The van der Waals surface area contributed by atoms with Crippen LogP contribution >= 0.6 is 0 Å². The minimum Gasteiger partial charge on any atom is -0.490 e. The van der Waals surface area contributed by atoms with Crippen LogP contribution in [0.2, 0.25) is 0 Å². The molecular weight excluding hydrogens is 422 g/mol. The standard InChI is InChI=1S/C22H25NO7S/c1-3-16-5-7-17(8-6-16)22(25)15(2)30-21(24)14-23-31(26,27)18-9-10-19-20(13-18)29-12-4-11-28-19/h5-10,13,15,23H,3-4,11-12,14H2,1-2H3. The summed E-state index contributed by atoms with van der Waals surface area (Å²) in [7, 11) is -3.99. The zero-order valence-electron chi connectivity index (χ0n) is 17.4. The van der Waals surface area contributed by atoms with E-state index in [0.29, 0.717) is 36.7 Å². The van der Waals surface area contributed by atoms with E-state index in [1.165, 1.54) is 25.1 Å². The van der Waals surface area contributed by atoms with Gasteiger partial charge >= 0.3 is 5.97 Å². The molecule has 8 nitrogen and oxygen atoms in total. The van der Waals surface area contributed by atoms with E-state index in [2.05, 4.69) is 4.72 Å². The molecule has 0 aromatic heterocycles. The highest BCUT2D eigenvalue weighted by atomic mass is 32.2. The van der Waals surface area contributed by atoms with E-state index < -0.39 is 28.6 Å². The molecular formula is C22H25NO7S. The first-order valence-electron chi connectivity index (χ1n) is 10.0. The summed E-state index contributed by atoms with van der Waals surface area (Å²) in [5.74, 6) is -0.419. The predicted octanol–water partition coefficient (Wildman–Crippen LogP) is 2.50. The maximum absolute atomic E-state index is 12.5. The Bertz CT molecular complexity index is 1050. The minimum absolute atomic E-state index is 0.0651. The first-order valence-corrected chi connectivity index (χ1v) is 11.5. The van der Waals surface area contributed by atoms with Gasteiger partial charge in [0.15, 0.2) is 17.6 Å². The van der Waals surface area contributed by atoms with Crippen molar-refractivity contribution >= 4 is 21.8 Å². The largest absolute Gasteiger partial charge is 0.490 e. The summed E-state index contributed by atoms with van der Waals surface area (Å²) < 4.78 is 43.3. The molecule has 1 heterocycles. The van der Waals surface area contributed by atoms with Crippen molar-refractivity contribution < 1.29 is 32.2 Å². The summed E-state index contributed by atoms with van der Waals surface area (Å²) in [6.07, 6.45) is 0.505. The van der Waals surface area contributed by atoms with Gasteiger partial charge in [-0.05, 0) is 31.0 Å². The summed E-state index contributed by atoms with van der Waals surface area (Å²) in [6.45, 7) is 3.76. The van der Waals surface area contributed by atoms with Crippen molar-refractivity contribution in [1.29, 1.82) is 0 Å². The molecule has 0 spiro atoms. The number of ketones is 1. The molecule has 0 aliphatic carbocycles. The Morgan fingerprint density at radius 1 is 1.06 bits per heavy atom. The van der Waals surface area contributed by atoms with Crippen LogP contribution in [0.5, 0.6) is 11.5 Å². The van der Waals surface area contributed by atoms with E-state index in [0.717, 1.165) is 12.0 Å². The van der Waals surface area contributed by atoms with Gasteiger partial charge in [0.05, 0.1) is 18.1 Å². The average Bonchev–Trinajstić information content (AvgIpc) is 3.02. The molecule has 1 aliphatic rings. The van der Waals surface area contributed by atoms with Crippen LogP contribution in [0.3, 0.4) is 0 Å². The number of ether oxygens (including phenoxy) is 3. The van der Waals surface area contributed by atoms with Gasteiger partial charge in [0.1, 0.15) is 6.54 Å². The lowest BCUT2D eigenvalue weighted by Gasteiger charge is -2.14. The van der Waals surface area contributed by atoms with E-state index in [4.69, 9.17) is 14.2 Å². The number of aryl methyl sites for hydroxylation is 1. The van der Waals surface area contributed by atoms with Crippen molar-refractivity contribution in [2.45, 2.75) is 37.7 Å². The van der Waals surface area contributed by atoms with Crippen LogP contribution < -0.4 is 14.2 Å². The number of hydrogen-bond acceptors (Lipinski definition) is 7. The van der Waals surface area contributed by atoms with Crippen molar-refractivity contribution in [3.05, 3.63) is 53.6 Å². The summed E-state index contributed by atoms with van der Waals surface area (Å²) in [4.78, 5) is 24.5. The maximum Gasteiger partial charge on any atom is 0.321 e. The summed E-state index contributed by atoms with van der Waals surface area (Å²) in [5.41, 5.74) is 1.51. The first-order chi connectivity index (χ1) is 14.8. The highest BCUT2D eigenvalue weighted by Crippen LogP contribution is 2.31. The van der Waals surface area contributed by atoms with Crippen LogP contribution in [0.25, 0.3) is 0 Å². The number of rotatable bonds is 8. The number of nitrogens with one attached hydrogen (secondary N) is 1. The van der Waals surface area contributed by atoms with Gasteiger partial charge in [0.25, 0.3) is 0 Å². The summed E-state index contributed by atoms with van der Waals surface area (Å²) in [5, 5.41) is 0. The second-order valence-corrected chi connectivity index (χ2v) is 8.80. The molecule has 0 bridgehead atoms. The second kappa shape index (κ2) is 9.93. The number of esters is 1. The normalized spacial score (nSPS) is 14.4. The van der Waals surface area contributed by atoms with Gasteiger partial charge in [-0.1, -0.05) is 31.2 Å². The number of Topliss-reactive ketones (excluding diaryl/α,β-unsaturated/α-hetero) is 1. The highest BCUT2D eigenvalue weighted by molar-refractivity contribution is 7.89. The molecule has 1 unspecified atom stereocenters. The van der Waals surface area contributed by atoms with E-state index in [1.807, 2.05) is 19.1 Å². The second-order valence-electron chi connectivity index (χ2n) is 7.03. The Hall–Kier alpha value is -2.91. The molecule has 1 atom stereocenters. The Morgan fingerprint density at radius 2 is 1.74 bits per heavy atom. The topological polar surface area (TPSA) is 108 Å². The van der Waals surface area contributed by atoms with Gasteiger partial charge in [-0.3, -0.25) is 9.59 Å². The SMILES string of the molecule is CCc1ccc(C(=O)C(C)OC(=O)CNS(=O)(=O)c2ccc3c(c2)OCCCO3)cc1. The van der Waals surface area contributed by atoms with Crippen molar-refractivity contribution in [3.63, 3.8) is 0 Å². The average molecular weight is 448 g/mol. The van der Waals surface area contributed by atoms with Crippen molar-refractivity contribution in [2.75, 3.05) is 19.8 Å². The molecule has 166 valence electrons. The van der Waals surface area contributed by atoms with E-state index in [-0.39, 0.29) is 10.7 Å². The Morgan fingerprint density at radius 3 is 2.42 bits per heavy atom. The fourth-order valence-electron chi connectivity index (χ4n) is 2.98. The fourth-order valence-corrected chi connectivity index (χ4v) is 3.96. The third-order valence-corrected chi connectivity index (χ3v) is 6.16. The number of carbonyl (C=O) groups excluding carboxylic acids is 2. The molecule has 0 radical (unpaired) electrons. The zero-order valence-corrected chi connectivity index (χ0v) is 18.2. The summed E-state index contributed by atoms with van der Waals surface area (Å²) in [6, 6.07) is 11.3. The van der Waals surface area contributed by atoms with Gasteiger partial charge in [-0.15, -0.1) is 0 Å². The van der Waals surface area contributed by atoms with Crippen molar-refractivity contribution in [1.82, 2.24) is 4.72 Å². The number of benzene rings is 2. The molecule has 2 aromatic rings. The van der Waals surface area contributed by atoms with Crippen LogP contribution in [-0.2, 0) is 26.0 Å². The quantitative estimate of drug-likeness (QED) is 0.489. The Kier molecular flexibility index (Phi) is 7.29. The van der Waals surface area contributed by atoms with Gasteiger partial charge in [0.2, 0.25) is 15.8 Å². The number of sulfonamides is 1. The van der Waals surface area contributed by atoms with Crippen LogP contribution in [0, 0.1) is 0 Å². The van der Waals surface area contributed by atoms with Gasteiger partial charge in [-0.2, -0.15) is 4.72 Å². The maximum atomic E-state index is 12.5. The molecule has 0 amide bonds. The zero-order chi connectivity index (χ0) is 22.4. The molecule has 31 heavy (non-hydrogen) atoms. The number of carbonyl (C=O) groups is 2. The fraction of sp³-hybridized carbons (Fsp3) is 0.364. The first kappa shape index (κ1) is 22.8. The minimum atomic E-state index is -3.99. The number of fused-ring (bicyclic) bond motifs is 1. The van der Waals surface area contributed by atoms with E-state index in [1.54, 1.807) is 12.1 Å². The van der Waals surface area contributed by atoms with Crippen LogP contribution in [0.4, 0.5) is 0 Å². The molecule has 1 N–H and O–H groups in total. The van der Waals surface area contributed by atoms with Gasteiger partial charge in [0, 0.05) is 18.1 Å². The number of hydrogen-bond donors (Lipinski definition) is 1. The Balaban J connectivity index is 1.57. The van der Waals surface area contributed by atoms with Gasteiger partial charge < -0.3 is 14.2 Å². The molecule has 9 heteroatoms. The van der Waals surface area contributed by atoms with E-state index in [9.17, 15) is 18.0 Å². The van der Waals surface area contributed by atoms with Gasteiger partial charge in [-0.25, -0.2) is 8.42 Å². The van der Waals surface area contributed by atoms with Crippen LogP contribution in [-0.4, -0.2) is 46.0 Å².